The van der Waals surface area contributed by atoms with Crippen LogP contribution in [-0.4, -0.2) is 63.3 Å². The van der Waals surface area contributed by atoms with Crippen molar-refractivity contribution in [3.05, 3.63) is 29.5 Å². The van der Waals surface area contributed by atoms with Crippen LogP contribution in [0.15, 0.2) is 29.4 Å². The lowest BCUT2D eigenvalue weighted by Gasteiger charge is -2.35. The Morgan fingerprint density at radius 3 is 2.61 bits per heavy atom. The summed E-state index contributed by atoms with van der Waals surface area (Å²) in [5, 5.41) is 11.1. The van der Waals surface area contributed by atoms with Gasteiger partial charge < -0.3 is 10.2 Å². The summed E-state index contributed by atoms with van der Waals surface area (Å²) >= 11 is 0.766. The molecule has 1 aromatic carbocycles. The van der Waals surface area contributed by atoms with Crippen LogP contribution in [-0.2, 0) is 10.0 Å². The van der Waals surface area contributed by atoms with Gasteiger partial charge in [-0.2, -0.15) is 0 Å². The van der Waals surface area contributed by atoms with Crippen LogP contribution in [0, 0.1) is 0 Å². The summed E-state index contributed by atoms with van der Waals surface area (Å²) in [6.07, 6.45) is 4.39. The van der Waals surface area contributed by atoms with E-state index in [1.165, 1.54) is 0 Å². The van der Waals surface area contributed by atoms with E-state index in [0.717, 1.165) is 61.3 Å². The third-order valence-corrected chi connectivity index (χ3v) is 9.94. The standard InChI is InChI=1S/C22H24F2N8O2S2/c1-22(4-5-22)29-36(33,34)14-8-15(30-10-12-2-3-13(11-30)26-12)17-16(9-14)32(20-25-6-7-31(17)20)21-28-27-19(35-21)18(23)24/h6-9,12-13,18,26,29H,2-5,10-11H2,1H3. The molecule has 2 N–H and O–H groups in total. The number of piperazine rings is 1. The monoisotopic (exact) mass is 534 g/mol. The zero-order chi connectivity index (χ0) is 24.8. The average Bonchev–Trinajstić information content (AvgIpc) is 3.29. The number of benzene rings is 1. The minimum Gasteiger partial charge on any atom is -0.367 e. The molecule has 3 aromatic heterocycles. The van der Waals surface area contributed by atoms with E-state index in [4.69, 9.17) is 0 Å². The number of alkyl halides is 2. The molecule has 2 aliphatic heterocycles. The number of nitrogens with one attached hydrogen (secondary N) is 2. The van der Waals surface area contributed by atoms with Gasteiger partial charge in [-0.15, -0.1) is 10.2 Å². The number of anilines is 1. The Labute approximate surface area is 209 Å². The van der Waals surface area contributed by atoms with Gasteiger partial charge in [0.05, 0.1) is 21.6 Å². The molecule has 7 rings (SSSR count). The summed E-state index contributed by atoms with van der Waals surface area (Å²) in [5.74, 6) is 0.456. The molecule has 2 saturated heterocycles. The maximum Gasteiger partial charge on any atom is 0.291 e. The van der Waals surface area contributed by atoms with Gasteiger partial charge >= 0.3 is 0 Å². The van der Waals surface area contributed by atoms with E-state index in [1.54, 1.807) is 29.1 Å². The molecule has 3 aliphatic rings. The SMILES string of the molecule is CC1(NS(=O)(=O)c2cc(N3CC4CCC(C3)N4)c3c(c2)n(-c2nnc(C(F)F)s2)c2nccn32)CC1. The fourth-order valence-electron chi connectivity index (χ4n) is 5.40. The van der Waals surface area contributed by atoms with Crippen molar-refractivity contribution < 1.29 is 17.2 Å². The van der Waals surface area contributed by atoms with Crippen LogP contribution >= 0.6 is 11.3 Å². The highest BCUT2D eigenvalue weighted by molar-refractivity contribution is 7.89. The summed E-state index contributed by atoms with van der Waals surface area (Å²) in [5.41, 5.74) is 1.62. The number of rotatable bonds is 6. The molecule has 2 unspecified atom stereocenters. The first-order valence-corrected chi connectivity index (χ1v) is 14.2. The Morgan fingerprint density at radius 2 is 1.94 bits per heavy atom. The van der Waals surface area contributed by atoms with Gasteiger partial charge in [0.25, 0.3) is 6.43 Å². The Balaban J connectivity index is 1.48. The number of hydrogen-bond acceptors (Lipinski definition) is 8. The number of fused-ring (bicyclic) bond motifs is 5. The van der Waals surface area contributed by atoms with Crippen LogP contribution in [0.3, 0.4) is 0 Å². The van der Waals surface area contributed by atoms with Crippen LogP contribution in [0.4, 0.5) is 14.5 Å². The molecular formula is C22H24F2N8O2S2. The quantitative estimate of drug-likeness (QED) is 0.392. The van der Waals surface area contributed by atoms with Gasteiger partial charge in [-0.05, 0) is 44.7 Å². The second-order valence-corrected chi connectivity index (χ2v) is 12.8. The molecule has 1 saturated carbocycles. The van der Waals surface area contributed by atoms with E-state index in [0.29, 0.717) is 23.4 Å². The van der Waals surface area contributed by atoms with E-state index in [2.05, 4.69) is 30.1 Å². The zero-order valence-electron chi connectivity index (χ0n) is 19.4. The fourth-order valence-corrected chi connectivity index (χ4v) is 7.61. The molecule has 2 bridgehead atoms. The van der Waals surface area contributed by atoms with Gasteiger partial charge in [-0.25, -0.2) is 26.9 Å². The van der Waals surface area contributed by atoms with Crippen molar-refractivity contribution in [2.45, 2.75) is 61.6 Å². The normalized spacial score (nSPS) is 23.4. The lowest BCUT2D eigenvalue weighted by molar-refractivity contribution is 0.150. The summed E-state index contributed by atoms with van der Waals surface area (Å²) in [7, 11) is -3.84. The number of imidazole rings is 2. The number of nitrogens with zero attached hydrogens (tertiary/aromatic N) is 6. The Bertz CT molecular complexity index is 1590. The minimum atomic E-state index is -3.84. The maximum absolute atomic E-state index is 13.5. The van der Waals surface area contributed by atoms with Crippen molar-refractivity contribution in [1.82, 2.24) is 34.2 Å². The van der Waals surface area contributed by atoms with Crippen LogP contribution in [0.5, 0.6) is 0 Å². The first-order chi connectivity index (χ1) is 17.2. The third kappa shape index (κ3) is 3.53. The average molecular weight is 535 g/mol. The molecule has 14 heteroatoms. The first-order valence-electron chi connectivity index (χ1n) is 11.9. The highest BCUT2D eigenvalue weighted by Crippen LogP contribution is 2.40. The number of aromatic nitrogens is 5. The zero-order valence-corrected chi connectivity index (χ0v) is 21.0. The lowest BCUT2D eigenvalue weighted by Crippen LogP contribution is -2.51. The van der Waals surface area contributed by atoms with E-state index >= 15 is 0 Å². The fraction of sp³-hybridized carbons (Fsp3) is 0.500. The molecule has 5 heterocycles. The smallest absolute Gasteiger partial charge is 0.291 e. The topological polar surface area (TPSA) is 109 Å². The van der Waals surface area contributed by atoms with E-state index < -0.39 is 27.0 Å². The molecule has 36 heavy (non-hydrogen) atoms. The van der Waals surface area contributed by atoms with Crippen molar-refractivity contribution in [2.75, 3.05) is 18.0 Å². The van der Waals surface area contributed by atoms with E-state index in [1.807, 2.05) is 11.3 Å². The van der Waals surface area contributed by atoms with E-state index in [-0.39, 0.29) is 10.0 Å². The molecule has 1 aliphatic carbocycles. The highest BCUT2D eigenvalue weighted by atomic mass is 32.2. The summed E-state index contributed by atoms with van der Waals surface area (Å²) in [6, 6.07) is 3.98. The maximum atomic E-state index is 13.5. The van der Waals surface area contributed by atoms with E-state index in [9.17, 15) is 17.2 Å². The molecule has 3 fully saturated rings. The molecule has 0 radical (unpaired) electrons. The predicted molar refractivity (Wildman–Crippen MR) is 131 cm³/mol. The van der Waals surface area contributed by atoms with Crippen LogP contribution in [0.2, 0.25) is 0 Å². The van der Waals surface area contributed by atoms with Gasteiger partial charge in [0.1, 0.15) is 0 Å². The second-order valence-electron chi connectivity index (χ2n) is 10.2. The summed E-state index contributed by atoms with van der Waals surface area (Å²) < 4.78 is 60.0. The van der Waals surface area contributed by atoms with Crippen LogP contribution in [0.25, 0.3) is 21.9 Å². The summed E-state index contributed by atoms with van der Waals surface area (Å²) in [6.45, 7) is 3.38. The number of halogens is 2. The van der Waals surface area contributed by atoms with Crippen molar-refractivity contribution in [2.24, 2.45) is 0 Å². The molecule has 0 spiro atoms. The van der Waals surface area contributed by atoms with Crippen LogP contribution in [0.1, 0.15) is 44.0 Å². The largest absolute Gasteiger partial charge is 0.367 e. The van der Waals surface area contributed by atoms with Gasteiger partial charge in [0, 0.05) is 43.1 Å². The summed E-state index contributed by atoms with van der Waals surface area (Å²) in [4.78, 5) is 6.82. The Hall–Kier alpha value is -2.68. The Kier molecular flexibility index (Phi) is 4.79. The lowest BCUT2D eigenvalue weighted by atomic mass is 10.1. The predicted octanol–water partition coefficient (Wildman–Crippen LogP) is 2.84. The van der Waals surface area contributed by atoms with Crippen molar-refractivity contribution in [1.29, 1.82) is 0 Å². The highest BCUT2D eigenvalue weighted by Gasteiger charge is 2.42. The van der Waals surface area contributed by atoms with Gasteiger partial charge in [0.15, 0.2) is 5.01 Å². The van der Waals surface area contributed by atoms with Crippen molar-refractivity contribution in [3.63, 3.8) is 0 Å². The first kappa shape index (κ1) is 22.5. The van der Waals surface area contributed by atoms with Crippen molar-refractivity contribution in [3.8, 4) is 5.13 Å². The van der Waals surface area contributed by atoms with Crippen molar-refractivity contribution >= 4 is 43.9 Å². The molecule has 10 nitrogen and oxygen atoms in total. The van der Waals surface area contributed by atoms with Gasteiger partial charge in [-0.1, -0.05) is 11.3 Å². The molecular weight excluding hydrogens is 510 g/mol. The third-order valence-electron chi connectivity index (χ3n) is 7.40. The second kappa shape index (κ2) is 7.66. The molecule has 4 aromatic rings. The van der Waals surface area contributed by atoms with Crippen LogP contribution < -0.4 is 14.9 Å². The minimum absolute atomic E-state index is 0.129. The molecule has 0 amide bonds. The van der Waals surface area contributed by atoms with Gasteiger partial charge in [-0.3, -0.25) is 8.97 Å². The molecule has 190 valence electrons. The van der Waals surface area contributed by atoms with Gasteiger partial charge in [0.2, 0.25) is 20.9 Å². The molecule has 2 atom stereocenters. The number of sulfonamides is 1. The Morgan fingerprint density at radius 1 is 1.19 bits per heavy atom. The number of hydrogen-bond donors (Lipinski definition) is 2.